The van der Waals surface area contributed by atoms with Crippen LogP contribution in [-0.2, 0) is 11.2 Å². The Morgan fingerprint density at radius 1 is 0.935 bits per heavy atom. The van der Waals surface area contributed by atoms with E-state index in [9.17, 15) is 18.0 Å². The fourth-order valence-corrected chi connectivity index (χ4v) is 2.96. The van der Waals surface area contributed by atoms with Gasteiger partial charge in [-0.2, -0.15) is 0 Å². The fourth-order valence-electron chi connectivity index (χ4n) is 2.96. The number of carbonyl (C=O) groups is 1. The summed E-state index contributed by atoms with van der Waals surface area (Å²) >= 11 is 0. The Bertz CT molecular complexity index is 1070. The molecule has 0 radical (unpaired) electrons. The third-order valence-electron chi connectivity index (χ3n) is 4.24. The van der Waals surface area contributed by atoms with Crippen LogP contribution in [0.3, 0.4) is 0 Å². The molecule has 0 aromatic heterocycles. The first-order valence-electron chi connectivity index (χ1n) is 9.35. The topological polar surface area (TPSA) is 55.8 Å². The molecule has 0 heterocycles. The number of para-hydroxylation sites is 1. The average Bonchev–Trinajstić information content (AvgIpc) is 2.71. The summed E-state index contributed by atoms with van der Waals surface area (Å²) in [5.74, 6) is -0.608. The third-order valence-corrected chi connectivity index (χ3v) is 4.24. The van der Waals surface area contributed by atoms with Crippen molar-refractivity contribution in [3.63, 3.8) is 0 Å². The fraction of sp³-hybridized carbons (Fsp3) is 0.125. The van der Waals surface area contributed by atoms with Gasteiger partial charge in [-0.15, -0.1) is 13.2 Å². The molecule has 0 saturated carbocycles. The summed E-state index contributed by atoms with van der Waals surface area (Å²) in [6.07, 6.45) is -1.73. The largest absolute Gasteiger partial charge is 0.573 e. The van der Waals surface area contributed by atoms with Gasteiger partial charge in [0, 0.05) is 5.56 Å². The van der Waals surface area contributed by atoms with Crippen LogP contribution >= 0.6 is 0 Å². The van der Waals surface area contributed by atoms with Crippen LogP contribution in [0.25, 0.3) is 17.2 Å². The minimum atomic E-state index is -4.76. The molecule has 0 amide bonds. The Labute approximate surface area is 177 Å². The van der Waals surface area contributed by atoms with E-state index in [1.807, 2.05) is 30.3 Å². The summed E-state index contributed by atoms with van der Waals surface area (Å²) in [6, 6.07) is 20.3. The van der Waals surface area contributed by atoms with Crippen LogP contribution in [0.15, 0.2) is 78.9 Å². The first kappa shape index (κ1) is 22.0. The second-order valence-corrected chi connectivity index (χ2v) is 6.60. The van der Waals surface area contributed by atoms with Crippen molar-refractivity contribution in [2.75, 3.05) is 6.61 Å². The molecule has 0 bridgehead atoms. The van der Waals surface area contributed by atoms with Crippen LogP contribution in [0.1, 0.15) is 11.1 Å². The zero-order valence-electron chi connectivity index (χ0n) is 16.3. The van der Waals surface area contributed by atoms with Gasteiger partial charge in [-0.3, -0.25) is 4.79 Å². The van der Waals surface area contributed by atoms with Gasteiger partial charge in [0.25, 0.3) is 0 Å². The maximum Gasteiger partial charge on any atom is 0.573 e. The molecule has 0 atom stereocenters. The van der Waals surface area contributed by atoms with E-state index in [0.29, 0.717) is 11.3 Å². The van der Waals surface area contributed by atoms with Crippen molar-refractivity contribution in [2.45, 2.75) is 12.8 Å². The molecule has 0 fully saturated rings. The maximum atomic E-state index is 12.5. The van der Waals surface area contributed by atoms with Crippen LogP contribution in [0.2, 0.25) is 0 Å². The summed E-state index contributed by atoms with van der Waals surface area (Å²) in [7, 11) is 0. The Hall–Kier alpha value is -3.74. The van der Waals surface area contributed by atoms with Gasteiger partial charge in [0.2, 0.25) is 0 Å². The predicted octanol–water partition coefficient (Wildman–Crippen LogP) is 5.97. The second-order valence-electron chi connectivity index (χ2n) is 6.60. The first-order chi connectivity index (χ1) is 14.8. The van der Waals surface area contributed by atoms with Gasteiger partial charge in [0.15, 0.2) is 0 Å². The number of alkyl halides is 3. The number of ether oxygens (including phenoxy) is 2. The lowest BCUT2D eigenvalue weighted by molar-refractivity contribution is -0.274. The monoisotopic (exact) mass is 428 g/mol. The summed E-state index contributed by atoms with van der Waals surface area (Å²) < 4.78 is 47.2. The summed E-state index contributed by atoms with van der Waals surface area (Å²) in [6.45, 7) is 0.142. The Balaban J connectivity index is 1.66. The number of halogens is 3. The molecule has 1 N–H and O–H groups in total. The van der Waals surface area contributed by atoms with Crippen molar-refractivity contribution in [1.82, 2.24) is 0 Å². The molecule has 160 valence electrons. The van der Waals surface area contributed by atoms with Crippen LogP contribution in [0.5, 0.6) is 11.5 Å². The molecule has 0 saturated heterocycles. The number of carboxylic acids is 1. The van der Waals surface area contributed by atoms with Crippen LogP contribution in [0.4, 0.5) is 13.2 Å². The summed E-state index contributed by atoms with van der Waals surface area (Å²) in [5, 5.41) is 8.96. The second kappa shape index (κ2) is 9.84. The molecule has 0 aliphatic heterocycles. The number of benzene rings is 3. The lowest BCUT2D eigenvalue weighted by Crippen LogP contribution is -2.17. The summed E-state index contributed by atoms with van der Waals surface area (Å²) in [5.41, 5.74) is 2.70. The molecule has 0 unspecified atom stereocenters. The van der Waals surface area contributed by atoms with Gasteiger partial charge in [0.05, 0.1) is 6.42 Å². The molecule has 3 aromatic carbocycles. The highest BCUT2D eigenvalue weighted by Crippen LogP contribution is 2.27. The number of aliphatic carboxylic acids is 1. The SMILES string of the molecule is O=C(O)Cc1cccc(-c2cccc(OCC=Cc3ccccc3OC(F)(F)F)c2)c1. The smallest absolute Gasteiger partial charge is 0.490 e. The van der Waals surface area contributed by atoms with Gasteiger partial charge < -0.3 is 14.6 Å². The first-order valence-corrected chi connectivity index (χ1v) is 9.35. The normalized spacial score (nSPS) is 11.5. The Kier molecular flexibility index (Phi) is 6.97. The summed E-state index contributed by atoms with van der Waals surface area (Å²) in [4.78, 5) is 10.9. The predicted molar refractivity (Wildman–Crippen MR) is 111 cm³/mol. The highest BCUT2D eigenvalue weighted by molar-refractivity contribution is 5.72. The van der Waals surface area contributed by atoms with Crippen LogP contribution in [-0.4, -0.2) is 24.0 Å². The van der Waals surface area contributed by atoms with E-state index >= 15 is 0 Å². The standard InChI is InChI=1S/C24H19F3O4/c25-24(26,27)31-22-12-2-1-7-18(22)10-5-13-30-21-11-4-9-20(16-21)19-8-3-6-17(14-19)15-23(28)29/h1-12,14,16H,13,15H2,(H,28,29). The molecule has 3 aromatic rings. The van der Waals surface area contributed by atoms with Crippen molar-refractivity contribution < 1.29 is 32.5 Å². The molecule has 4 nitrogen and oxygen atoms in total. The molecular weight excluding hydrogens is 409 g/mol. The van der Waals surface area contributed by atoms with E-state index in [-0.39, 0.29) is 24.3 Å². The van der Waals surface area contributed by atoms with E-state index < -0.39 is 12.3 Å². The number of carboxylic acid groups (broad SMARTS) is 1. The van der Waals surface area contributed by atoms with E-state index in [0.717, 1.165) is 11.1 Å². The van der Waals surface area contributed by atoms with Gasteiger partial charge in [-0.1, -0.05) is 60.7 Å². The number of hydrogen-bond acceptors (Lipinski definition) is 3. The van der Waals surface area contributed by atoms with E-state index in [2.05, 4.69) is 4.74 Å². The highest BCUT2D eigenvalue weighted by atomic mass is 19.4. The molecule has 3 rings (SSSR count). The van der Waals surface area contributed by atoms with Crippen molar-refractivity contribution >= 4 is 12.0 Å². The minimum absolute atomic E-state index is 0.0612. The molecule has 0 aliphatic carbocycles. The lowest BCUT2D eigenvalue weighted by Gasteiger charge is -2.11. The van der Waals surface area contributed by atoms with Gasteiger partial charge in [-0.25, -0.2) is 0 Å². The zero-order chi connectivity index (χ0) is 22.3. The van der Waals surface area contributed by atoms with Crippen molar-refractivity contribution in [1.29, 1.82) is 0 Å². The van der Waals surface area contributed by atoms with Gasteiger partial charge >= 0.3 is 12.3 Å². The third kappa shape index (κ3) is 6.92. The van der Waals surface area contributed by atoms with Crippen molar-refractivity contribution in [3.05, 3.63) is 90.0 Å². The molecule has 0 aliphatic rings. The van der Waals surface area contributed by atoms with E-state index in [4.69, 9.17) is 9.84 Å². The molecule has 0 spiro atoms. The minimum Gasteiger partial charge on any atom is -0.490 e. The van der Waals surface area contributed by atoms with Gasteiger partial charge in [0.1, 0.15) is 18.1 Å². The highest BCUT2D eigenvalue weighted by Gasteiger charge is 2.31. The Morgan fingerprint density at radius 2 is 1.65 bits per heavy atom. The van der Waals surface area contributed by atoms with Crippen molar-refractivity contribution in [3.8, 4) is 22.6 Å². The zero-order valence-corrected chi connectivity index (χ0v) is 16.3. The lowest BCUT2D eigenvalue weighted by atomic mass is 10.0. The van der Waals surface area contributed by atoms with Crippen LogP contribution in [0, 0.1) is 0 Å². The average molecular weight is 428 g/mol. The molecular formula is C24H19F3O4. The molecule has 7 heteroatoms. The van der Waals surface area contributed by atoms with E-state index in [1.165, 1.54) is 24.3 Å². The number of hydrogen-bond donors (Lipinski definition) is 1. The number of rotatable bonds is 8. The van der Waals surface area contributed by atoms with E-state index in [1.54, 1.807) is 30.3 Å². The quantitative estimate of drug-likeness (QED) is 0.480. The molecule has 31 heavy (non-hydrogen) atoms. The maximum absolute atomic E-state index is 12.5. The Morgan fingerprint density at radius 3 is 2.39 bits per heavy atom. The van der Waals surface area contributed by atoms with Crippen molar-refractivity contribution in [2.24, 2.45) is 0 Å². The van der Waals surface area contributed by atoms with Gasteiger partial charge in [-0.05, 0) is 41.0 Å². The van der Waals surface area contributed by atoms with Crippen LogP contribution < -0.4 is 9.47 Å².